The topological polar surface area (TPSA) is 40.6 Å². The molecule has 1 aromatic rings. The molecule has 0 aliphatic carbocycles. The molecule has 1 fully saturated rings. The van der Waals surface area contributed by atoms with Crippen LogP contribution in [0.5, 0.6) is 0 Å². The second-order valence-electron chi connectivity index (χ2n) is 4.79. The zero-order chi connectivity index (χ0) is 14.0. The average molecular weight is 264 g/mol. The molecule has 1 aromatic carbocycles. The molecule has 4 nitrogen and oxygen atoms in total. The highest BCUT2D eigenvalue weighted by Gasteiger charge is 2.32. The van der Waals surface area contributed by atoms with Gasteiger partial charge in [-0.05, 0) is 18.6 Å². The molecule has 102 valence electrons. The molecule has 5 heteroatoms. The first-order chi connectivity index (χ1) is 9.00. The summed E-state index contributed by atoms with van der Waals surface area (Å²) in [7, 11) is 1.72. The van der Waals surface area contributed by atoms with Gasteiger partial charge in [-0.3, -0.25) is 9.59 Å². The van der Waals surface area contributed by atoms with Gasteiger partial charge in [0.2, 0.25) is 11.8 Å². The number of piperazine rings is 1. The highest BCUT2D eigenvalue weighted by molar-refractivity contribution is 5.89. The smallest absolute Gasteiger partial charge is 0.244 e. The first kappa shape index (κ1) is 13.5. The summed E-state index contributed by atoms with van der Waals surface area (Å²) in [6.45, 7) is 2.72. The van der Waals surface area contributed by atoms with Crippen molar-refractivity contribution in [2.24, 2.45) is 0 Å². The molecule has 1 unspecified atom stereocenters. The fraction of sp³-hybridized carbons (Fsp3) is 0.429. The lowest BCUT2D eigenvalue weighted by molar-refractivity contribution is -0.149. The van der Waals surface area contributed by atoms with Gasteiger partial charge in [0.05, 0.1) is 6.42 Å². The molecule has 1 aliphatic rings. The van der Waals surface area contributed by atoms with E-state index in [-0.39, 0.29) is 24.1 Å². The van der Waals surface area contributed by atoms with Crippen LogP contribution in [-0.4, -0.2) is 47.8 Å². The van der Waals surface area contributed by atoms with Gasteiger partial charge < -0.3 is 9.80 Å². The predicted octanol–water partition coefficient (Wildman–Crippen LogP) is 1.06. The molecule has 0 spiro atoms. The second kappa shape index (κ2) is 5.38. The normalized spacial score (nSPS) is 19.7. The van der Waals surface area contributed by atoms with Gasteiger partial charge in [-0.2, -0.15) is 0 Å². The van der Waals surface area contributed by atoms with Crippen molar-refractivity contribution < 1.29 is 14.0 Å². The molecule has 1 heterocycles. The summed E-state index contributed by atoms with van der Waals surface area (Å²) in [5.41, 5.74) is 0.367. The van der Waals surface area contributed by atoms with Crippen LogP contribution in [-0.2, 0) is 16.0 Å². The summed E-state index contributed by atoms with van der Waals surface area (Å²) in [5, 5.41) is 0. The summed E-state index contributed by atoms with van der Waals surface area (Å²) < 4.78 is 13.5. The first-order valence-corrected chi connectivity index (χ1v) is 6.28. The summed E-state index contributed by atoms with van der Waals surface area (Å²) in [5.74, 6) is -0.670. The minimum atomic E-state index is -0.474. The zero-order valence-electron chi connectivity index (χ0n) is 11.1. The number of likely N-dealkylation sites (N-methyl/N-ethyl adjacent to an activating group) is 1. The molecule has 1 saturated heterocycles. The van der Waals surface area contributed by atoms with E-state index in [0.717, 1.165) is 0 Å². The Morgan fingerprint density at radius 1 is 1.37 bits per heavy atom. The Morgan fingerprint density at radius 2 is 2.05 bits per heavy atom. The van der Waals surface area contributed by atoms with Crippen molar-refractivity contribution in [1.29, 1.82) is 0 Å². The van der Waals surface area contributed by atoms with Crippen LogP contribution >= 0.6 is 0 Å². The Bertz CT molecular complexity index is 504. The molecule has 1 atom stereocenters. The quantitative estimate of drug-likeness (QED) is 0.801. The monoisotopic (exact) mass is 264 g/mol. The van der Waals surface area contributed by atoms with Gasteiger partial charge in [-0.1, -0.05) is 18.2 Å². The fourth-order valence-corrected chi connectivity index (χ4v) is 2.26. The lowest BCUT2D eigenvalue weighted by Gasteiger charge is -2.37. The van der Waals surface area contributed by atoms with E-state index in [1.807, 2.05) is 0 Å². The van der Waals surface area contributed by atoms with Crippen LogP contribution in [0.1, 0.15) is 12.5 Å². The number of carbonyl (C=O) groups excluding carboxylic acids is 2. The van der Waals surface area contributed by atoms with Crippen molar-refractivity contribution in [3.63, 3.8) is 0 Å². The van der Waals surface area contributed by atoms with E-state index >= 15 is 0 Å². The lowest BCUT2D eigenvalue weighted by Crippen LogP contribution is -2.56. The number of benzene rings is 1. The van der Waals surface area contributed by atoms with Crippen molar-refractivity contribution in [3.05, 3.63) is 35.6 Å². The highest BCUT2D eigenvalue weighted by Crippen LogP contribution is 2.14. The molecular formula is C14H17FN2O2. The number of halogens is 1. The van der Waals surface area contributed by atoms with Gasteiger partial charge >= 0.3 is 0 Å². The van der Waals surface area contributed by atoms with E-state index in [0.29, 0.717) is 18.7 Å². The zero-order valence-corrected chi connectivity index (χ0v) is 11.1. The minimum Gasteiger partial charge on any atom is -0.342 e. The molecule has 19 heavy (non-hydrogen) atoms. The number of carbonyl (C=O) groups is 2. The molecule has 1 aliphatic heterocycles. The van der Waals surface area contributed by atoms with Crippen molar-refractivity contribution in [1.82, 2.24) is 9.80 Å². The third kappa shape index (κ3) is 2.75. The Balaban J connectivity index is 2.08. The van der Waals surface area contributed by atoms with E-state index in [1.165, 1.54) is 11.0 Å². The van der Waals surface area contributed by atoms with Crippen molar-refractivity contribution in [3.8, 4) is 0 Å². The Labute approximate surface area is 111 Å². The van der Waals surface area contributed by atoms with E-state index < -0.39 is 6.04 Å². The molecule has 0 saturated carbocycles. The molecule has 2 amide bonds. The molecular weight excluding hydrogens is 247 g/mol. The Kier molecular flexibility index (Phi) is 3.83. The van der Waals surface area contributed by atoms with Crippen molar-refractivity contribution in [2.45, 2.75) is 19.4 Å². The molecule has 0 aromatic heterocycles. The Hall–Kier alpha value is -1.91. The van der Waals surface area contributed by atoms with E-state index in [4.69, 9.17) is 0 Å². The third-order valence-corrected chi connectivity index (χ3v) is 3.50. The number of hydrogen-bond acceptors (Lipinski definition) is 2. The first-order valence-electron chi connectivity index (χ1n) is 6.28. The number of rotatable bonds is 2. The average Bonchev–Trinajstić information content (AvgIpc) is 2.39. The maximum Gasteiger partial charge on any atom is 0.244 e. The summed E-state index contributed by atoms with van der Waals surface area (Å²) in [6.07, 6.45) is -0.00594. The molecule has 0 radical (unpaired) electrons. The predicted molar refractivity (Wildman–Crippen MR) is 68.9 cm³/mol. The summed E-state index contributed by atoms with van der Waals surface area (Å²) in [4.78, 5) is 27.1. The molecule has 0 N–H and O–H groups in total. The van der Waals surface area contributed by atoms with Crippen LogP contribution in [0.4, 0.5) is 4.39 Å². The van der Waals surface area contributed by atoms with Crippen LogP contribution in [0.2, 0.25) is 0 Å². The standard InChI is InChI=1S/C14H17FN2O2/c1-10-14(19)16(2)7-8-17(10)13(18)9-11-5-3-4-6-12(11)15/h3-6,10H,7-9H2,1-2H3. The van der Waals surface area contributed by atoms with E-state index in [9.17, 15) is 14.0 Å². The third-order valence-electron chi connectivity index (χ3n) is 3.50. The lowest BCUT2D eigenvalue weighted by atomic mass is 10.1. The van der Waals surface area contributed by atoms with E-state index in [1.54, 1.807) is 37.1 Å². The van der Waals surface area contributed by atoms with Gasteiger partial charge in [0.1, 0.15) is 11.9 Å². The number of hydrogen-bond donors (Lipinski definition) is 0. The minimum absolute atomic E-state index is 0.00594. The SMILES string of the molecule is CC1C(=O)N(C)CCN1C(=O)Cc1ccccc1F. The van der Waals surface area contributed by atoms with Crippen molar-refractivity contribution >= 4 is 11.8 Å². The van der Waals surface area contributed by atoms with Crippen LogP contribution in [0.3, 0.4) is 0 Å². The van der Waals surface area contributed by atoms with Crippen LogP contribution in [0.15, 0.2) is 24.3 Å². The Morgan fingerprint density at radius 3 is 2.74 bits per heavy atom. The fourth-order valence-electron chi connectivity index (χ4n) is 2.26. The van der Waals surface area contributed by atoms with Crippen LogP contribution in [0.25, 0.3) is 0 Å². The highest BCUT2D eigenvalue weighted by atomic mass is 19.1. The molecule has 0 bridgehead atoms. The number of amides is 2. The van der Waals surface area contributed by atoms with Gasteiger partial charge in [0, 0.05) is 20.1 Å². The van der Waals surface area contributed by atoms with Gasteiger partial charge in [0.25, 0.3) is 0 Å². The van der Waals surface area contributed by atoms with Gasteiger partial charge in [-0.15, -0.1) is 0 Å². The maximum atomic E-state index is 13.5. The van der Waals surface area contributed by atoms with Crippen molar-refractivity contribution in [2.75, 3.05) is 20.1 Å². The largest absolute Gasteiger partial charge is 0.342 e. The maximum absolute atomic E-state index is 13.5. The summed E-state index contributed by atoms with van der Waals surface area (Å²) in [6, 6.07) is 5.74. The molecule has 2 rings (SSSR count). The van der Waals surface area contributed by atoms with Crippen LogP contribution < -0.4 is 0 Å². The number of nitrogens with zero attached hydrogens (tertiary/aromatic N) is 2. The van der Waals surface area contributed by atoms with Gasteiger partial charge in [-0.25, -0.2) is 4.39 Å². The summed E-state index contributed by atoms with van der Waals surface area (Å²) >= 11 is 0. The van der Waals surface area contributed by atoms with Gasteiger partial charge in [0.15, 0.2) is 0 Å². The van der Waals surface area contributed by atoms with Crippen LogP contribution in [0, 0.1) is 5.82 Å². The van der Waals surface area contributed by atoms with E-state index in [2.05, 4.69) is 0 Å². The second-order valence-corrected chi connectivity index (χ2v) is 4.79.